The molecule has 2 heterocycles. The standard InChI is InChI=1S/C19H17BrN2O3S/c1-19(2)9-11-5-3-7-13(17(11)25-19)24-10-15(23)21-18-22-16-12(20)6-4-8-14(16)26-18/h3-8H,9-10H2,1-2H3,(H,21,22,23). The molecule has 0 fully saturated rings. The van der Waals surface area contributed by atoms with E-state index in [2.05, 4.69) is 26.2 Å². The highest BCUT2D eigenvalue weighted by atomic mass is 79.9. The molecule has 1 aliphatic rings. The molecule has 0 atom stereocenters. The molecule has 1 N–H and O–H groups in total. The van der Waals surface area contributed by atoms with E-state index in [4.69, 9.17) is 9.47 Å². The first kappa shape index (κ1) is 17.3. The Morgan fingerprint density at radius 1 is 1.35 bits per heavy atom. The van der Waals surface area contributed by atoms with Crippen LogP contribution in [0.2, 0.25) is 0 Å². The Bertz CT molecular complexity index is 1000. The molecular weight excluding hydrogens is 416 g/mol. The first-order valence-electron chi connectivity index (χ1n) is 8.20. The zero-order chi connectivity index (χ0) is 18.3. The molecule has 1 aliphatic heterocycles. The highest BCUT2D eigenvalue weighted by molar-refractivity contribution is 9.10. The fourth-order valence-electron chi connectivity index (χ4n) is 2.97. The zero-order valence-electron chi connectivity index (χ0n) is 14.3. The SMILES string of the molecule is CC1(C)Cc2cccc(OCC(=O)Nc3nc4c(Br)cccc4s3)c2O1. The van der Waals surface area contributed by atoms with Gasteiger partial charge in [0, 0.05) is 16.5 Å². The molecule has 26 heavy (non-hydrogen) atoms. The van der Waals surface area contributed by atoms with Crippen LogP contribution in [-0.2, 0) is 11.2 Å². The fourth-order valence-corrected chi connectivity index (χ4v) is 4.46. The number of carbonyl (C=O) groups is 1. The van der Waals surface area contributed by atoms with Gasteiger partial charge in [-0.3, -0.25) is 10.1 Å². The summed E-state index contributed by atoms with van der Waals surface area (Å²) in [7, 11) is 0. The number of ether oxygens (including phenoxy) is 2. The number of thiazole rings is 1. The molecule has 1 aromatic heterocycles. The van der Waals surface area contributed by atoms with E-state index in [0.717, 1.165) is 32.4 Å². The van der Waals surface area contributed by atoms with Gasteiger partial charge in [0.2, 0.25) is 0 Å². The zero-order valence-corrected chi connectivity index (χ0v) is 16.7. The second-order valence-corrected chi connectivity index (χ2v) is 8.61. The maximum Gasteiger partial charge on any atom is 0.264 e. The number of halogens is 1. The Balaban J connectivity index is 1.43. The van der Waals surface area contributed by atoms with Gasteiger partial charge in [-0.15, -0.1) is 0 Å². The number of amides is 1. The molecule has 4 rings (SSSR count). The molecule has 0 saturated carbocycles. The number of nitrogens with zero attached hydrogens (tertiary/aromatic N) is 1. The summed E-state index contributed by atoms with van der Waals surface area (Å²) in [5.41, 5.74) is 1.69. The van der Waals surface area contributed by atoms with Crippen molar-refractivity contribution in [1.82, 2.24) is 4.98 Å². The van der Waals surface area contributed by atoms with Crippen LogP contribution >= 0.6 is 27.3 Å². The number of hydrogen-bond acceptors (Lipinski definition) is 5. The van der Waals surface area contributed by atoms with Gasteiger partial charge in [-0.2, -0.15) is 0 Å². The van der Waals surface area contributed by atoms with Gasteiger partial charge in [0.1, 0.15) is 5.60 Å². The van der Waals surface area contributed by atoms with Crippen LogP contribution in [0.15, 0.2) is 40.9 Å². The Morgan fingerprint density at radius 3 is 2.96 bits per heavy atom. The summed E-state index contributed by atoms with van der Waals surface area (Å²) < 4.78 is 13.6. The van der Waals surface area contributed by atoms with Crippen molar-refractivity contribution in [1.29, 1.82) is 0 Å². The number of para-hydroxylation sites is 2. The van der Waals surface area contributed by atoms with Crippen LogP contribution in [0.1, 0.15) is 19.4 Å². The predicted octanol–water partition coefficient (Wildman–Crippen LogP) is 4.79. The van der Waals surface area contributed by atoms with Crippen LogP contribution in [0.3, 0.4) is 0 Å². The van der Waals surface area contributed by atoms with Crippen molar-refractivity contribution in [2.45, 2.75) is 25.9 Å². The lowest BCUT2D eigenvalue weighted by atomic mass is 10.0. The van der Waals surface area contributed by atoms with E-state index in [9.17, 15) is 4.79 Å². The Labute approximate surface area is 163 Å². The molecule has 3 aromatic rings. The van der Waals surface area contributed by atoms with Gasteiger partial charge in [-0.25, -0.2) is 4.98 Å². The van der Waals surface area contributed by atoms with Gasteiger partial charge >= 0.3 is 0 Å². The lowest BCUT2D eigenvalue weighted by molar-refractivity contribution is -0.118. The van der Waals surface area contributed by atoms with Crippen LogP contribution in [0.25, 0.3) is 10.2 Å². The van der Waals surface area contributed by atoms with Crippen LogP contribution in [0, 0.1) is 0 Å². The van der Waals surface area contributed by atoms with E-state index in [1.54, 1.807) is 0 Å². The molecule has 2 aromatic carbocycles. The van der Waals surface area contributed by atoms with Crippen molar-refractivity contribution in [2.75, 3.05) is 11.9 Å². The molecule has 0 unspecified atom stereocenters. The first-order valence-corrected chi connectivity index (χ1v) is 9.81. The van der Waals surface area contributed by atoms with Gasteiger partial charge in [-0.1, -0.05) is 29.5 Å². The summed E-state index contributed by atoms with van der Waals surface area (Å²) in [6.45, 7) is 3.97. The van der Waals surface area contributed by atoms with Crippen molar-refractivity contribution in [2.24, 2.45) is 0 Å². The number of anilines is 1. The normalized spacial score (nSPS) is 14.7. The van der Waals surface area contributed by atoms with Gasteiger partial charge in [0.25, 0.3) is 5.91 Å². The molecule has 1 amide bonds. The average molecular weight is 433 g/mol. The number of benzene rings is 2. The Kier molecular flexibility index (Phi) is 4.36. The number of hydrogen-bond donors (Lipinski definition) is 1. The van der Waals surface area contributed by atoms with Gasteiger partial charge in [0.05, 0.1) is 10.2 Å². The molecule has 0 aliphatic carbocycles. The molecule has 5 nitrogen and oxygen atoms in total. The lowest BCUT2D eigenvalue weighted by Gasteiger charge is -2.18. The highest BCUT2D eigenvalue weighted by Gasteiger charge is 2.32. The third-order valence-corrected chi connectivity index (χ3v) is 5.61. The third kappa shape index (κ3) is 3.41. The van der Waals surface area contributed by atoms with Gasteiger partial charge < -0.3 is 9.47 Å². The Morgan fingerprint density at radius 2 is 2.15 bits per heavy atom. The van der Waals surface area contributed by atoms with E-state index >= 15 is 0 Å². The van der Waals surface area contributed by atoms with Crippen molar-refractivity contribution in [3.05, 3.63) is 46.4 Å². The minimum Gasteiger partial charge on any atom is -0.483 e. The second kappa shape index (κ2) is 6.55. The summed E-state index contributed by atoms with van der Waals surface area (Å²) in [6, 6.07) is 11.6. The topological polar surface area (TPSA) is 60.5 Å². The quantitative estimate of drug-likeness (QED) is 0.643. The van der Waals surface area contributed by atoms with Crippen LogP contribution in [-0.4, -0.2) is 23.1 Å². The first-order chi connectivity index (χ1) is 12.4. The average Bonchev–Trinajstić information content (AvgIpc) is 3.12. The largest absolute Gasteiger partial charge is 0.483 e. The Hall–Kier alpha value is -2.12. The minimum absolute atomic E-state index is 0.0999. The molecular formula is C19H17BrN2O3S. The van der Waals surface area contributed by atoms with Crippen molar-refractivity contribution < 1.29 is 14.3 Å². The molecule has 0 saturated heterocycles. The molecule has 0 bridgehead atoms. The van der Waals surface area contributed by atoms with Crippen molar-refractivity contribution >= 4 is 48.5 Å². The smallest absolute Gasteiger partial charge is 0.264 e. The molecule has 7 heteroatoms. The maximum absolute atomic E-state index is 12.3. The summed E-state index contributed by atoms with van der Waals surface area (Å²) in [5.74, 6) is 1.07. The number of fused-ring (bicyclic) bond motifs is 2. The number of aromatic nitrogens is 1. The van der Waals surface area contributed by atoms with Crippen LogP contribution in [0.4, 0.5) is 5.13 Å². The van der Waals surface area contributed by atoms with Crippen LogP contribution in [0.5, 0.6) is 11.5 Å². The second-order valence-electron chi connectivity index (χ2n) is 6.73. The molecule has 0 radical (unpaired) electrons. The van der Waals surface area contributed by atoms with E-state index in [1.807, 2.05) is 50.2 Å². The van der Waals surface area contributed by atoms with E-state index in [0.29, 0.717) is 10.9 Å². The lowest BCUT2D eigenvalue weighted by Crippen LogP contribution is -2.25. The number of carbonyl (C=O) groups excluding carboxylic acids is 1. The van der Waals surface area contributed by atoms with E-state index < -0.39 is 0 Å². The predicted molar refractivity (Wildman–Crippen MR) is 106 cm³/mol. The highest BCUT2D eigenvalue weighted by Crippen LogP contribution is 2.41. The van der Waals surface area contributed by atoms with Gasteiger partial charge in [0.15, 0.2) is 23.2 Å². The summed E-state index contributed by atoms with van der Waals surface area (Å²) in [5, 5.41) is 3.35. The van der Waals surface area contributed by atoms with Gasteiger partial charge in [-0.05, 0) is 48.0 Å². The van der Waals surface area contributed by atoms with E-state index in [1.165, 1.54) is 11.3 Å². The fraction of sp³-hybridized carbons (Fsp3) is 0.263. The number of nitrogens with one attached hydrogen (secondary N) is 1. The summed E-state index contributed by atoms with van der Waals surface area (Å²) in [4.78, 5) is 16.7. The minimum atomic E-state index is -0.255. The van der Waals surface area contributed by atoms with Crippen molar-refractivity contribution in [3.8, 4) is 11.5 Å². The third-order valence-electron chi connectivity index (χ3n) is 4.03. The maximum atomic E-state index is 12.3. The molecule has 0 spiro atoms. The van der Waals surface area contributed by atoms with Crippen LogP contribution < -0.4 is 14.8 Å². The summed E-state index contributed by atoms with van der Waals surface area (Å²) >= 11 is 4.90. The van der Waals surface area contributed by atoms with E-state index in [-0.39, 0.29) is 18.1 Å². The van der Waals surface area contributed by atoms with Crippen molar-refractivity contribution in [3.63, 3.8) is 0 Å². The summed E-state index contributed by atoms with van der Waals surface area (Å²) in [6.07, 6.45) is 0.826. The number of rotatable bonds is 4. The monoisotopic (exact) mass is 432 g/mol. The molecule has 134 valence electrons.